The van der Waals surface area contributed by atoms with Gasteiger partial charge in [0, 0.05) is 10.9 Å². The van der Waals surface area contributed by atoms with Gasteiger partial charge in [0.1, 0.15) is 0 Å². The van der Waals surface area contributed by atoms with Gasteiger partial charge in [-0.25, -0.2) is 13.2 Å². The Balaban J connectivity index is 1.81. The van der Waals surface area contributed by atoms with Gasteiger partial charge in [0.15, 0.2) is 6.54 Å². The maximum Gasteiger partial charge on any atom is 0.322 e. The second-order valence-corrected chi connectivity index (χ2v) is 9.66. The molecule has 0 spiro atoms. The van der Waals surface area contributed by atoms with Crippen molar-refractivity contribution in [3.8, 4) is 0 Å². The molecule has 9 heteroatoms. The van der Waals surface area contributed by atoms with Crippen LogP contribution >= 0.6 is 0 Å². The molecule has 1 aromatic rings. The first-order chi connectivity index (χ1) is 13.0. The summed E-state index contributed by atoms with van der Waals surface area (Å²) in [5.74, 6) is -0.378. The number of nitrogens with zero attached hydrogens (tertiary/aromatic N) is 1. The lowest BCUT2D eigenvalue weighted by Gasteiger charge is -2.30. The highest BCUT2D eigenvalue weighted by Gasteiger charge is 2.29. The van der Waals surface area contributed by atoms with Gasteiger partial charge in [-0.2, -0.15) is 4.31 Å². The average molecular weight is 410 g/mol. The first-order valence-electron chi connectivity index (χ1n) is 9.24. The van der Waals surface area contributed by atoms with Gasteiger partial charge in [0.25, 0.3) is 5.91 Å². The smallest absolute Gasteiger partial charge is 0.322 e. The molecule has 1 aliphatic heterocycles. The number of sulfonamides is 1. The van der Waals surface area contributed by atoms with Gasteiger partial charge in [-0.05, 0) is 32.4 Å². The summed E-state index contributed by atoms with van der Waals surface area (Å²) in [5.41, 5.74) is 0.394. The van der Waals surface area contributed by atoms with E-state index in [-0.39, 0.29) is 12.5 Å². The quantitative estimate of drug-likeness (QED) is 0.628. The van der Waals surface area contributed by atoms with Gasteiger partial charge in [0.2, 0.25) is 10.0 Å². The monoisotopic (exact) mass is 409 g/mol. The summed E-state index contributed by atoms with van der Waals surface area (Å²) in [4.78, 5) is 24.7. The number of carbonyl (C=O) groups is 2. The Morgan fingerprint density at radius 1 is 1.14 bits per heavy atom. The molecule has 0 bridgehead atoms. The van der Waals surface area contributed by atoms with E-state index in [1.54, 1.807) is 6.08 Å². The van der Waals surface area contributed by atoms with E-state index in [4.69, 9.17) is 0 Å². The standard InChI is InChI=1S/C19H28N4O4S/c1-19(2,3)21-18(25)20-17(24)15-22-10-12-23(13-11-22)28(26,27)14-9-16-7-5-4-6-8-16/h4-9,14H,10-13,15H2,1-3H3,(H2,20,21,24,25)/p+1/b14-9+. The number of quaternary nitrogens is 1. The third-order valence-electron chi connectivity index (χ3n) is 4.17. The molecular formula is C19H29N4O4S+. The zero-order valence-electron chi connectivity index (χ0n) is 16.6. The summed E-state index contributed by atoms with van der Waals surface area (Å²) in [5, 5.41) is 6.20. The maximum absolute atomic E-state index is 12.5. The molecule has 0 saturated carbocycles. The van der Waals surface area contributed by atoms with Crippen molar-refractivity contribution in [1.29, 1.82) is 0 Å². The summed E-state index contributed by atoms with van der Waals surface area (Å²) < 4.78 is 26.3. The maximum atomic E-state index is 12.5. The van der Waals surface area contributed by atoms with Gasteiger partial charge in [-0.15, -0.1) is 0 Å². The Kier molecular flexibility index (Phi) is 7.34. The lowest BCUT2D eigenvalue weighted by Crippen LogP contribution is -3.15. The van der Waals surface area contributed by atoms with E-state index in [9.17, 15) is 18.0 Å². The minimum Gasteiger partial charge on any atom is -0.333 e. The van der Waals surface area contributed by atoms with Gasteiger partial charge < -0.3 is 10.2 Å². The number of nitrogens with one attached hydrogen (secondary N) is 3. The van der Waals surface area contributed by atoms with Gasteiger partial charge >= 0.3 is 6.03 Å². The minimum atomic E-state index is -3.50. The number of imide groups is 1. The fourth-order valence-electron chi connectivity index (χ4n) is 2.82. The Hall–Kier alpha value is -2.23. The van der Waals surface area contributed by atoms with Crippen LogP contribution in [0.15, 0.2) is 35.7 Å². The van der Waals surface area contributed by atoms with Crippen molar-refractivity contribution < 1.29 is 22.9 Å². The second kappa shape index (κ2) is 9.31. The van der Waals surface area contributed by atoms with Crippen LogP contribution in [0.2, 0.25) is 0 Å². The van der Waals surface area contributed by atoms with Crippen molar-refractivity contribution in [2.75, 3.05) is 32.7 Å². The van der Waals surface area contributed by atoms with E-state index in [1.807, 2.05) is 51.1 Å². The van der Waals surface area contributed by atoms with Crippen molar-refractivity contribution in [3.63, 3.8) is 0 Å². The zero-order chi connectivity index (χ0) is 20.8. The minimum absolute atomic E-state index is 0.130. The predicted molar refractivity (Wildman–Crippen MR) is 108 cm³/mol. The van der Waals surface area contributed by atoms with Gasteiger partial charge in [-0.3, -0.25) is 10.1 Å². The number of amides is 3. The Labute approximate surface area is 166 Å². The molecule has 0 radical (unpaired) electrons. The Bertz CT molecular complexity index is 808. The fourth-order valence-corrected chi connectivity index (χ4v) is 4.01. The van der Waals surface area contributed by atoms with Crippen molar-refractivity contribution in [2.24, 2.45) is 0 Å². The van der Waals surface area contributed by atoms with E-state index in [0.717, 1.165) is 10.5 Å². The van der Waals surface area contributed by atoms with Gasteiger partial charge in [0.05, 0.1) is 26.2 Å². The topological polar surface area (TPSA) is 100 Å². The number of hydrogen-bond acceptors (Lipinski definition) is 4. The summed E-state index contributed by atoms with van der Waals surface area (Å²) in [7, 11) is -3.50. The first-order valence-corrected chi connectivity index (χ1v) is 10.7. The molecular weight excluding hydrogens is 380 g/mol. The number of benzene rings is 1. The molecule has 1 saturated heterocycles. The van der Waals surface area contributed by atoms with Crippen molar-refractivity contribution in [2.45, 2.75) is 26.3 Å². The lowest BCUT2D eigenvalue weighted by molar-refractivity contribution is -0.895. The number of urea groups is 1. The summed E-state index contributed by atoms with van der Waals surface area (Å²) in [6.45, 7) is 7.29. The third-order valence-corrected chi connectivity index (χ3v) is 5.74. The predicted octanol–water partition coefficient (Wildman–Crippen LogP) is -0.188. The van der Waals surface area contributed by atoms with Crippen LogP contribution in [0, 0.1) is 0 Å². The number of rotatable bonds is 5. The Morgan fingerprint density at radius 3 is 2.32 bits per heavy atom. The van der Waals surface area contributed by atoms with Crippen LogP contribution in [0.4, 0.5) is 4.79 Å². The molecule has 3 amide bonds. The lowest BCUT2D eigenvalue weighted by atomic mass is 10.1. The van der Waals surface area contributed by atoms with Crippen molar-refractivity contribution in [1.82, 2.24) is 14.9 Å². The highest BCUT2D eigenvalue weighted by molar-refractivity contribution is 7.92. The SMILES string of the molecule is CC(C)(C)NC(=O)NC(=O)C[NH+]1CCN(S(=O)(=O)/C=C/c2ccccc2)CC1. The van der Waals surface area contributed by atoms with E-state index in [0.29, 0.717) is 26.2 Å². The molecule has 0 atom stereocenters. The normalized spacial score (nSPS) is 16.8. The number of piperazine rings is 1. The van der Waals surface area contributed by atoms with Crippen LogP contribution < -0.4 is 15.5 Å². The molecule has 1 fully saturated rings. The van der Waals surface area contributed by atoms with E-state index in [1.165, 1.54) is 9.71 Å². The third kappa shape index (κ3) is 7.41. The molecule has 28 heavy (non-hydrogen) atoms. The molecule has 1 heterocycles. The average Bonchev–Trinajstić information content (AvgIpc) is 2.59. The molecule has 154 valence electrons. The van der Waals surface area contributed by atoms with E-state index in [2.05, 4.69) is 10.6 Å². The van der Waals surface area contributed by atoms with E-state index >= 15 is 0 Å². The molecule has 8 nitrogen and oxygen atoms in total. The number of hydrogen-bond donors (Lipinski definition) is 3. The Morgan fingerprint density at radius 2 is 1.75 bits per heavy atom. The molecule has 2 rings (SSSR count). The highest BCUT2D eigenvalue weighted by Crippen LogP contribution is 2.08. The second-order valence-electron chi connectivity index (χ2n) is 7.84. The molecule has 1 aliphatic rings. The first kappa shape index (κ1) is 22.1. The van der Waals surface area contributed by atoms with E-state index < -0.39 is 21.6 Å². The van der Waals surface area contributed by atoms with Gasteiger partial charge in [-0.1, -0.05) is 30.3 Å². The molecule has 3 N–H and O–H groups in total. The molecule has 0 aromatic heterocycles. The molecule has 0 unspecified atom stereocenters. The van der Waals surface area contributed by atoms with Crippen molar-refractivity contribution in [3.05, 3.63) is 41.3 Å². The van der Waals surface area contributed by atoms with Crippen LogP contribution in [0.1, 0.15) is 26.3 Å². The van der Waals surface area contributed by atoms with Crippen LogP contribution in [-0.2, 0) is 14.8 Å². The number of carbonyl (C=O) groups excluding carboxylic acids is 2. The molecule has 0 aliphatic carbocycles. The van der Waals surface area contributed by atoms with Crippen LogP contribution in [-0.4, -0.2) is 62.9 Å². The zero-order valence-corrected chi connectivity index (χ0v) is 17.4. The molecule has 1 aromatic carbocycles. The largest absolute Gasteiger partial charge is 0.333 e. The summed E-state index contributed by atoms with van der Waals surface area (Å²) in [6.07, 6.45) is 1.58. The van der Waals surface area contributed by atoms with Crippen LogP contribution in [0.5, 0.6) is 0 Å². The van der Waals surface area contributed by atoms with Crippen LogP contribution in [0.3, 0.4) is 0 Å². The fraction of sp³-hybridized carbons (Fsp3) is 0.474. The van der Waals surface area contributed by atoms with Crippen LogP contribution in [0.25, 0.3) is 6.08 Å². The van der Waals surface area contributed by atoms with Crippen molar-refractivity contribution >= 4 is 28.0 Å². The summed E-state index contributed by atoms with van der Waals surface area (Å²) >= 11 is 0. The summed E-state index contributed by atoms with van der Waals surface area (Å²) in [6, 6.07) is 8.72. The highest BCUT2D eigenvalue weighted by atomic mass is 32.2.